The summed E-state index contributed by atoms with van der Waals surface area (Å²) in [4.78, 5) is 11.4. The molecule has 1 aliphatic carbocycles. The Balaban J connectivity index is 0.872. The normalized spacial score (nSPS) is 13.0. The van der Waals surface area contributed by atoms with Crippen LogP contribution in [0.15, 0.2) is 285 Å². The molecule has 10 nitrogen and oxygen atoms in total. The van der Waals surface area contributed by atoms with Crippen molar-refractivity contribution in [3.05, 3.63) is 319 Å². The van der Waals surface area contributed by atoms with Crippen LogP contribution >= 0.6 is 0 Å². The van der Waals surface area contributed by atoms with Crippen LogP contribution in [0.5, 0.6) is 11.5 Å². The third kappa shape index (κ3) is 6.77. The van der Waals surface area contributed by atoms with Gasteiger partial charge in [0.25, 0.3) is 0 Å². The highest BCUT2D eigenvalue weighted by molar-refractivity contribution is 6.15. The van der Waals surface area contributed by atoms with Crippen LogP contribution in [-0.2, 0) is 5.41 Å². The summed E-state index contributed by atoms with van der Waals surface area (Å²) in [5, 5.41) is 31.4. The van der Waals surface area contributed by atoms with Gasteiger partial charge in [0.15, 0.2) is 0 Å². The average molecular weight is 1210 g/mol. The molecule has 2 aliphatic rings. The minimum absolute atomic E-state index is 0.591. The number of nitrogens with zero attached hydrogens (tertiary/aromatic N) is 9. The van der Waals surface area contributed by atoms with E-state index in [-0.39, 0.29) is 0 Å². The van der Waals surface area contributed by atoms with Crippen molar-refractivity contribution >= 4 is 109 Å². The molecule has 438 valence electrons. The molecule has 0 fully saturated rings. The van der Waals surface area contributed by atoms with Gasteiger partial charge >= 0.3 is 0 Å². The molecule has 10 heteroatoms. The van der Waals surface area contributed by atoms with Gasteiger partial charge in [-0.2, -0.15) is 10.5 Å². The predicted molar refractivity (Wildman–Crippen MR) is 381 cm³/mol. The second-order valence-electron chi connectivity index (χ2n) is 25.0. The van der Waals surface area contributed by atoms with E-state index in [0.29, 0.717) is 22.6 Å². The molecule has 7 aromatic heterocycles. The van der Waals surface area contributed by atoms with Crippen molar-refractivity contribution in [2.45, 2.75) is 5.41 Å². The van der Waals surface area contributed by atoms with Gasteiger partial charge in [0.05, 0.1) is 125 Å². The molecular formula is C85H47N9O. The molecule has 21 rings (SSSR count). The number of para-hydroxylation sites is 7. The number of ether oxygens (including phenoxy) is 1. The lowest BCUT2D eigenvalue weighted by Gasteiger charge is -2.40. The van der Waals surface area contributed by atoms with E-state index < -0.39 is 5.41 Å². The Bertz CT molecular complexity index is 6480. The van der Waals surface area contributed by atoms with E-state index in [9.17, 15) is 10.5 Å². The van der Waals surface area contributed by atoms with Crippen molar-refractivity contribution in [2.24, 2.45) is 0 Å². The fourth-order valence-corrected chi connectivity index (χ4v) is 16.7. The fraction of sp³-hybridized carbons (Fsp3) is 0.0118. The van der Waals surface area contributed by atoms with Gasteiger partial charge in [-0.25, -0.2) is 0 Å². The van der Waals surface area contributed by atoms with Crippen LogP contribution in [-0.4, -0.2) is 32.8 Å². The van der Waals surface area contributed by atoms with Gasteiger partial charge in [0, 0.05) is 93.6 Å². The standard InChI is InChI=1S/C85H47N9O/c86-46-50-32-37-76-63(40-50)60-20-5-12-27-73(60)90(76)52-35-39-77-65(42-52)62-22-6-13-28-74(62)91(77)53-34-36-66-81(45-53)95-80-31-15-30-79(94-75-29-14-7-21-61(75)64-41-51(47-87)33-38-78(64)94)82(80)85(66)67-43-54(92-69-23-8-1-16-56(69)57-17-2-9-24-70(57)92)48-88-83(67)84-68(85)44-55(49-89-84)93-71-25-10-3-18-58(71)59-19-4-11-26-72(59)93/h1-45,48-49H. The number of hydrogen-bond acceptors (Lipinski definition) is 5. The lowest BCUT2D eigenvalue weighted by atomic mass is 9.65. The molecule has 0 bridgehead atoms. The highest BCUT2D eigenvalue weighted by atomic mass is 16.5. The zero-order valence-electron chi connectivity index (χ0n) is 50.6. The molecule has 19 aromatic rings. The van der Waals surface area contributed by atoms with Crippen molar-refractivity contribution in [3.63, 3.8) is 0 Å². The van der Waals surface area contributed by atoms with E-state index in [4.69, 9.17) is 14.7 Å². The van der Waals surface area contributed by atoms with Gasteiger partial charge in [-0.1, -0.05) is 140 Å². The van der Waals surface area contributed by atoms with E-state index in [1.54, 1.807) is 0 Å². The molecular weight excluding hydrogens is 1160 g/mol. The highest BCUT2D eigenvalue weighted by Crippen LogP contribution is 2.64. The molecule has 0 amide bonds. The maximum atomic E-state index is 10.4. The Morgan fingerprint density at radius 3 is 1.09 bits per heavy atom. The Hall–Kier alpha value is -13.3. The smallest absolute Gasteiger partial charge is 0.134 e. The number of hydrogen-bond donors (Lipinski definition) is 0. The first-order chi connectivity index (χ1) is 47.0. The van der Waals surface area contributed by atoms with Crippen LogP contribution in [0.25, 0.3) is 149 Å². The summed E-state index contributed by atoms with van der Waals surface area (Å²) in [7, 11) is 0. The summed E-state index contributed by atoms with van der Waals surface area (Å²) in [6.45, 7) is 0. The molecule has 0 N–H and O–H groups in total. The number of pyridine rings is 2. The van der Waals surface area contributed by atoms with E-state index in [1.807, 2.05) is 36.7 Å². The quantitative estimate of drug-likeness (QED) is 0.171. The van der Waals surface area contributed by atoms with E-state index in [0.717, 1.165) is 171 Å². The zero-order valence-corrected chi connectivity index (χ0v) is 50.6. The SMILES string of the molecule is N#Cc1ccc2c(c1)c1ccccc1n2-c1ccc2c(c1)c1ccccc1n2-c1ccc2c(c1)Oc1cccc(-n3c4ccccc4c4cc(C#N)ccc43)c1C21c2cc(-n3c4ccccc4c4ccccc43)cnc2-c2ncc(-n3c4ccccc4c4ccccc43)cc21. The second-order valence-corrected chi connectivity index (χ2v) is 25.0. The topological polar surface area (TPSA) is 107 Å². The van der Waals surface area contributed by atoms with E-state index in [2.05, 4.69) is 284 Å². The molecule has 0 unspecified atom stereocenters. The monoisotopic (exact) mass is 1210 g/mol. The summed E-state index contributed by atoms with van der Waals surface area (Å²) in [6.07, 6.45) is 4.05. The van der Waals surface area contributed by atoms with Gasteiger partial charge in [-0.05, 0) is 127 Å². The molecule has 1 spiro atoms. The number of nitriles is 2. The fourth-order valence-electron chi connectivity index (χ4n) is 16.7. The maximum Gasteiger partial charge on any atom is 0.134 e. The number of rotatable bonds is 5. The first-order valence-corrected chi connectivity index (χ1v) is 31.9. The van der Waals surface area contributed by atoms with Crippen LogP contribution in [0.4, 0.5) is 0 Å². The lowest BCUT2D eigenvalue weighted by Crippen LogP contribution is -2.34. The third-order valence-electron chi connectivity index (χ3n) is 20.4. The minimum atomic E-state index is -1.16. The molecule has 8 heterocycles. The van der Waals surface area contributed by atoms with Crippen LogP contribution in [0.1, 0.15) is 33.4 Å². The Morgan fingerprint density at radius 2 is 0.642 bits per heavy atom. The van der Waals surface area contributed by atoms with Gasteiger partial charge in [-0.3, -0.25) is 9.97 Å². The van der Waals surface area contributed by atoms with Crippen molar-refractivity contribution in [1.82, 2.24) is 32.8 Å². The van der Waals surface area contributed by atoms with Gasteiger partial charge < -0.3 is 27.6 Å². The van der Waals surface area contributed by atoms with Crippen LogP contribution < -0.4 is 4.74 Å². The number of fused-ring (bicyclic) bond motifs is 24. The molecule has 12 aromatic carbocycles. The van der Waals surface area contributed by atoms with E-state index >= 15 is 0 Å². The van der Waals surface area contributed by atoms with Crippen molar-refractivity contribution in [1.29, 1.82) is 10.5 Å². The Morgan fingerprint density at radius 1 is 0.284 bits per heavy atom. The number of benzene rings is 12. The third-order valence-corrected chi connectivity index (χ3v) is 20.4. The van der Waals surface area contributed by atoms with Crippen molar-refractivity contribution in [2.75, 3.05) is 0 Å². The first-order valence-electron chi connectivity index (χ1n) is 31.9. The average Bonchev–Trinajstić information content (AvgIpc) is 1.56. The number of aromatic nitrogens is 7. The van der Waals surface area contributed by atoms with Crippen LogP contribution in [0.2, 0.25) is 0 Å². The Labute approximate surface area is 541 Å². The minimum Gasteiger partial charge on any atom is -0.457 e. The molecule has 95 heavy (non-hydrogen) atoms. The predicted octanol–water partition coefficient (Wildman–Crippen LogP) is 20.2. The molecule has 1 aliphatic heterocycles. The summed E-state index contributed by atoms with van der Waals surface area (Å²) < 4.78 is 19.5. The summed E-state index contributed by atoms with van der Waals surface area (Å²) in [5.41, 5.74) is 20.6. The molecule has 0 atom stereocenters. The summed E-state index contributed by atoms with van der Waals surface area (Å²) in [5.74, 6) is 1.39. The first kappa shape index (κ1) is 51.5. The summed E-state index contributed by atoms with van der Waals surface area (Å²) >= 11 is 0. The molecule has 0 saturated carbocycles. The van der Waals surface area contributed by atoms with E-state index in [1.165, 1.54) is 0 Å². The van der Waals surface area contributed by atoms with Crippen LogP contribution in [0, 0.1) is 22.7 Å². The van der Waals surface area contributed by atoms with Crippen LogP contribution in [0.3, 0.4) is 0 Å². The van der Waals surface area contributed by atoms with Gasteiger partial charge in [0.2, 0.25) is 0 Å². The Kier molecular flexibility index (Phi) is 10.2. The molecule has 0 radical (unpaired) electrons. The summed E-state index contributed by atoms with van der Waals surface area (Å²) in [6, 6.07) is 102. The van der Waals surface area contributed by atoms with Gasteiger partial charge in [0.1, 0.15) is 11.5 Å². The lowest BCUT2D eigenvalue weighted by molar-refractivity contribution is 0.435. The highest BCUT2D eigenvalue weighted by Gasteiger charge is 2.55. The molecule has 0 saturated heterocycles. The van der Waals surface area contributed by atoms with Crippen molar-refractivity contribution < 1.29 is 4.74 Å². The zero-order chi connectivity index (χ0) is 62.4. The maximum absolute atomic E-state index is 10.4. The second kappa shape index (κ2) is 18.9. The van der Waals surface area contributed by atoms with Crippen molar-refractivity contribution in [3.8, 4) is 63.5 Å². The largest absolute Gasteiger partial charge is 0.457 e. The van der Waals surface area contributed by atoms with Gasteiger partial charge in [-0.15, -0.1) is 0 Å².